The smallest absolute Gasteiger partial charge is 0.328 e. The summed E-state index contributed by atoms with van der Waals surface area (Å²) in [7, 11) is 1.33. The Kier molecular flexibility index (Phi) is 6.55. The molecule has 1 heterocycles. The zero-order chi connectivity index (χ0) is 17.5. The van der Waals surface area contributed by atoms with Crippen molar-refractivity contribution in [2.45, 2.75) is 39.2 Å². The Morgan fingerprint density at radius 2 is 1.96 bits per heavy atom. The molecule has 1 amide bonds. The van der Waals surface area contributed by atoms with E-state index in [1.54, 1.807) is 0 Å². The predicted molar refractivity (Wildman–Crippen MR) is 96.5 cm³/mol. The van der Waals surface area contributed by atoms with Gasteiger partial charge >= 0.3 is 5.97 Å². The molecule has 0 aliphatic rings. The van der Waals surface area contributed by atoms with Gasteiger partial charge in [-0.25, -0.2) is 4.79 Å². The zero-order valence-electron chi connectivity index (χ0n) is 14.3. The third-order valence-corrected chi connectivity index (χ3v) is 4.93. The van der Waals surface area contributed by atoms with Crippen molar-refractivity contribution in [2.24, 2.45) is 0 Å². The third kappa shape index (κ3) is 4.68. The summed E-state index contributed by atoms with van der Waals surface area (Å²) in [6.45, 7) is 4.14. The monoisotopic (exact) mass is 345 g/mol. The van der Waals surface area contributed by atoms with Crippen LogP contribution in [0.25, 0.3) is 0 Å². The number of thiophene rings is 1. The first-order valence-corrected chi connectivity index (χ1v) is 8.88. The number of hydrogen-bond acceptors (Lipinski definition) is 4. The van der Waals surface area contributed by atoms with Crippen molar-refractivity contribution in [1.82, 2.24) is 5.32 Å². The number of methoxy groups -OCH3 is 1. The van der Waals surface area contributed by atoms with Crippen LogP contribution in [-0.4, -0.2) is 25.0 Å². The Morgan fingerprint density at radius 3 is 2.58 bits per heavy atom. The average Bonchev–Trinajstić information content (AvgIpc) is 2.96. The number of hydrogen-bond donors (Lipinski definition) is 1. The fraction of sp³-hybridized carbons (Fsp3) is 0.368. The highest BCUT2D eigenvalue weighted by Gasteiger charge is 2.23. The number of carbonyl (C=O) groups is 2. The number of benzene rings is 1. The molecule has 0 fully saturated rings. The lowest BCUT2D eigenvalue weighted by Crippen LogP contribution is -2.42. The van der Waals surface area contributed by atoms with Gasteiger partial charge in [0.05, 0.1) is 12.0 Å². The second-order valence-corrected chi connectivity index (χ2v) is 6.94. The van der Waals surface area contributed by atoms with Crippen molar-refractivity contribution in [3.8, 4) is 0 Å². The van der Waals surface area contributed by atoms with Gasteiger partial charge in [0.15, 0.2) is 0 Å². The van der Waals surface area contributed by atoms with Crippen molar-refractivity contribution in [3.05, 3.63) is 57.3 Å². The molecule has 0 unspecified atom stereocenters. The highest BCUT2D eigenvalue weighted by Crippen LogP contribution is 2.23. The Hall–Kier alpha value is -2.14. The van der Waals surface area contributed by atoms with E-state index >= 15 is 0 Å². The van der Waals surface area contributed by atoms with Crippen molar-refractivity contribution in [1.29, 1.82) is 0 Å². The van der Waals surface area contributed by atoms with Crippen molar-refractivity contribution in [3.63, 3.8) is 0 Å². The van der Waals surface area contributed by atoms with Crippen LogP contribution >= 0.6 is 11.3 Å². The summed E-state index contributed by atoms with van der Waals surface area (Å²) in [5, 5.41) is 2.81. The van der Waals surface area contributed by atoms with E-state index in [9.17, 15) is 9.59 Å². The largest absolute Gasteiger partial charge is 0.467 e. The van der Waals surface area contributed by atoms with Gasteiger partial charge in [0, 0.05) is 11.3 Å². The summed E-state index contributed by atoms with van der Waals surface area (Å²) < 4.78 is 4.84. The van der Waals surface area contributed by atoms with Gasteiger partial charge in [-0.05, 0) is 30.5 Å². The van der Waals surface area contributed by atoms with E-state index in [4.69, 9.17) is 4.74 Å². The molecule has 0 spiro atoms. The van der Waals surface area contributed by atoms with E-state index < -0.39 is 12.0 Å². The number of carbonyl (C=O) groups excluding carboxylic acids is 2. The molecule has 0 bridgehead atoms. The van der Waals surface area contributed by atoms with Crippen LogP contribution in [0.4, 0.5) is 0 Å². The number of ether oxygens (including phenoxy) is 1. The maximum absolute atomic E-state index is 12.5. The van der Waals surface area contributed by atoms with Crippen LogP contribution < -0.4 is 5.32 Å². The van der Waals surface area contributed by atoms with E-state index in [-0.39, 0.29) is 5.91 Å². The van der Waals surface area contributed by atoms with Gasteiger partial charge in [0.25, 0.3) is 5.91 Å². The van der Waals surface area contributed by atoms with Gasteiger partial charge in [0.2, 0.25) is 0 Å². The number of aryl methyl sites for hydroxylation is 2. The van der Waals surface area contributed by atoms with Crippen LogP contribution in [0.5, 0.6) is 0 Å². The molecular formula is C19H23NO3S. The molecule has 0 aliphatic carbocycles. The number of amides is 1. The highest BCUT2D eigenvalue weighted by molar-refractivity contribution is 7.14. The average molecular weight is 345 g/mol. The second kappa shape index (κ2) is 8.64. The topological polar surface area (TPSA) is 55.4 Å². The quantitative estimate of drug-likeness (QED) is 0.781. The highest BCUT2D eigenvalue weighted by atomic mass is 32.1. The van der Waals surface area contributed by atoms with Crippen molar-refractivity contribution in [2.75, 3.05) is 7.11 Å². The van der Waals surface area contributed by atoms with Gasteiger partial charge in [0.1, 0.15) is 6.04 Å². The lowest BCUT2D eigenvalue weighted by molar-refractivity contribution is -0.142. The normalized spacial score (nSPS) is 11.8. The van der Waals surface area contributed by atoms with E-state index in [1.807, 2.05) is 43.3 Å². The SMILES string of the molecule is CCCc1cc(C(=O)N[C@@H](Cc2ccccc2)C(=O)OC)sc1C. The van der Waals surface area contributed by atoms with E-state index in [1.165, 1.54) is 24.0 Å². The van der Waals surface area contributed by atoms with Crippen LogP contribution in [-0.2, 0) is 22.4 Å². The molecule has 5 heteroatoms. The fourth-order valence-electron chi connectivity index (χ4n) is 2.56. The molecule has 2 rings (SSSR count). The molecule has 2 aromatic rings. The molecule has 1 aromatic heterocycles. The second-order valence-electron chi connectivity index (χ2n) is 5.68. The summed E-state index contributed by atoms with van der Waals surface area (Å²) in [6, 6.07) is 10.8. The minimum Gasteiger partial charge on any atom is -0.467 e. The molecule has 0 aliphatic heterocycles. The van der Waals surface area contributed by atoms with E-state index in [2.05, 4.69) is 12.2 Å². The molecule has 0 saturated heterocycles. The van der Waals surface area contributed by atoms with E-state index in [0.717, 1.165) is 23.3 Å². The Balaban J connectivity index is 2.12. The number of nitrogens with one attached hydrogen (secondary N) is 1. The summed E-state index contributed by atoms with van der Waals surface area (Å²) in [5.74, 6) is -0.661. The first-order chi connectivity index (χ1) is 11.5. The lowest BCUT2D eigenvalue weighted by atomic mass is 10.1. The standard InChI is InChI=1S/C19H23NO3S/c1-4-8-15-12-17(24-13(15)2)18(21)20-16(19(22)23-3)11-14-9-6-5-7-10-14/h5-7,9-10,12,16H,4,8,11H2,1-3H3,(H,20,21)/t16-/m0/s1. The van der Waals surface area contributed by atoms with Gasteiger partial charge in [-0.15, -0.1) is 11.3 Å². The predicted octanol–water partition coefficient (Wildman–Crippen LogP) is 3.52. The minimum absolute atomic E-state index is 0.225. The summed E-state index contributed by atoms with van der Waals surface area (Å²) >= 11 is 1.47. The Morgan fingerprint density at radius 1 is 1.25 bits per heavy atom. The molecule has 0 saturated carbocycles. The molecule has 1 N–H and O–H groups in total. The maximum atomic E-state index is 12.5. The van der Waals surface area contributed by atoms with Crippen LogP contribution in [0.2, 0.25) is 0 Å². The van der Waals surface area contributed by atoms with Crippen LogP contribution in [0, 0.1) is 6.92 Å². The van der Waals surface area contributed by atoms with Crippen LogP contribution in [0.3, 0.4) is 0 Å². The minimum atomic E-state index is -0.693. The van der Waals surface area contributed by atoms with Gasteiger partial charge in [-0.2, -0.15) is 0 Å². The van der Waals surface area contributed by atoms with Gasteiger partial charge in [-0.3, -0.25) is 4.79 Å². The van der Waals surface area contributed by atoms with Gasteiger partial charge < -0.3 is 10.1 Å². The molecule has 4 nitrogen and oxygen atoms in total. The zero-order valence-corrected chi connectivity index (χ0v) is 15.1. The van der Waals surface area contributed by atoms with Gasteiger partial charge in [-0.1, -0.05) is 43.7 Å². The molecular weight excluding hydrogens is 322 g/mol. The van der Waals surface area contributed by atoms with Crippen molar-refractivity contribution < 1.29 is 14.3 Å². The fourth-order valence-corrected chi connectivity index (χ4v) is 3.54. The molecule has 24 heavy (non-hydrogen) atoms. The molecule has 1 aromatic carbocycles. The van der Waals surface area contributed by atoms with Crippen LogP contribution in [0.15, 0.2) is 36.4 Å². The first kappa shape index (κ1) is 18.2. The van der Waals surface area contributed by atoms with Crippen molar-refractivity contribution >= 4 is 23.2 Å². The Labute approximate surface area is 146 Å². The maximum Gasteiger partial charge on any atom is 0.328 e. The molecule has 0 radical (unpaired) electrons. The number of rotatable bonds is 7. The molecule has 1 atom stereocenters. The lowest BCUT2D eigenvalue weighted by Gasteiger charge is -2.16. The summed E-state index contributed by atoms with van der Waals surface area (Å²) in [4.78, 5) is 26.3. The summed E-state index contributed by atoms with van der Waals surface area (Å²) in [6.07, 6.45) is 2.41. The van der Waals surface area contributed by atoms with Crippen LogP contribution in [0.1, 0.15) is 39.0 Å². The third-order valence-electron chi connectivity index (χ3n) is 3.84. The number of esters is 1. The summed E-state index contributed by atoms with van der Waals surface area (Å²) in [5.41, 5.74) is 2.17. The Bertz CT molecular complexity index is 694. The molecule has 128 valence electrons. The van der Waals surface area contributed by atoms with E-state index in [0.29, 0.717) is 11.3 Å². The first-order valence-electron chi connectivity index (χ1n) is 8.07.